The van der Waals surface area contributed by atoms with Crippen molar-refractivity contribution in [2.45, 2.75) is 32.3 Å². The second-order valence-corrected chi connectivity index (χ2v) is 5.11. The van der Waals surface area contributed by atoms with Crippen LogP contribution in [0.15, 0.2) is 0 Å². The van der Waals surface area contributed by atoms with Crippen molar-refractivity contribution in [1.82, 2.24) is 10.2 Å². The van der Waals surface area contributed by atoms with Gasteiger partial charge in [0.05, 0.1) is 0 Å². The number of nitrogens with zero attached hydrogens (tertiary/aromatic N) is 1. The predicted molar refractivity (Wildman–Crippen MR) is 64.3 cm³/mol. The Morgan fingerprint density at radius 2 is 2.25 bits per heavy atom. The maximum atomic E-state index is 12.1. The summed E-state index contributed by atoms with van der Waals surface area (Å²) in [6.07, 6.45) is 2.42. The van der Waals surface area contributed by atoms with Gasteiger partial charge in [-0.2, -0.15) is 0 Å². The minimum atomic E-state index is -0.711. The molecule has 16 heavy (non-hydrogen) atoms. The Hall–Kier alpha value is -0.610. The van der Waals surface area contributed by atoms with Crippen molar-refractivity contribution in [2.24, 2.45) is 5.92 Å². The number of hydrogen-bond acceptors (Lipinski definition) is 3. The minimum Gasteiger partial charge on any atom is -0.369 e. The van der Waals surface area contributed by atoms with Gasteiger partial charge in [-0.15, -0.1) is 0 Å². The molecule has 1 rings (SSSR count). The Morgan fingerprint density at radius 3 is 2.75 bits per heavy atom. The fourth-order valence-electron chi connectivity index (χ4n) is 2.10. The van der Waals surface area contributed by atoms with Crippen LogP contribution in [0.25, 0.3) is 0 Å². The smallest absolute Gasteiger partial charge is 0.253 e. The van der Waals surface area contributed by atoms with Crippen LogP contribution in [0.1, 0.15) is 26.7 Å². The first-order valence-corrected chi connectivity index (χ1v) is 5.99. The van der Waals surface area contributed by atoms with Gasteiger partial charge in [-0.1, -0.05) is 0 Å². The molecule has 0 bridgehead atoms. The lowest BCUT2D eigenvalue weighted by Crippen LogP contribution is -2.47. The number of hydrogen-bond donors (Lipinski definition) is 1. The molecular weight excluding hydrogens is 204 g/mol. The van der Waals surface area contributed by atoms with E-state index in [2.05, 4.69) is 5.32 Å². The first-order valence-electron chi connectivity index (χ1n) is 5.99. The molecule has 4 nitrogen and oxygen atoms in total. The molecule has 1 aliphatic rings. The van der Waals surface area contributed by atoms with Gasteiger partial charge in [0.1, 0.15) is 5.60 Å². The molecule has 0 aromatic heterocycles. The van der Waals surface area contributed by atoms with Gasteiger partial charge in [0.25, 0.3) is 5.91 Å². The van der Waals surface area contributed by atoms with E-state index in [1.54, 1.807) is 12.0 Å². The number of likely N-dealkylation sites (N-methyl/N-ethyl adjacent to an activating group) is 1. The summed E-state index contributed by atoms with van der Waals surface area (Å²) in [7, 11) is 3.44. The average molecular weight is 228 g/mol. The van der Waals surface area contributed by atoms with Gasteiger partial charge in [0, 0.05) is 20.7 Å². The summed E-state index contributed by atoms with van der Waals surface area (Å²) in [6.45, 7) is 6.57. The van der Waals surface area contributed by atoms with E-state index in [1.807, 2.05) is 20.9 Å². The summed E-state index contributed by atoms with van der Waals surface area (Å²) >= 11 is 0. The lowest BCUT2D eigenvalue weighted by atomic mass is 9.98. The molecule has 0 spiro atoms. The monoisotopic (exact) mass is 228 g/mol. The number of methoxy groups -OCH3 is 1. The molecule has 1 heterocycles. The molecule has 0 radical (unpaired) electrons. The van der Waals surface area contributed by atoms with E-state index in [-0.39, 0.29) is 5.91 Å². The standard InChI is InChI=1S/C12H24N2O2/c1-12(2,16-4)11(15)14(3)9-10-6-5-7-13-8-10/h10,13H,5-9H2,1-4H3. The highest BCUT2D eigenvalue weighted by Gasteiger charge is 2.31. The van der Waals surface area contributed by atoms with Gasteiger partial charge in [-0.3, -0.25) is 4.79 Å². The molecule has 94 valence electrons. The summed E-state index contributed by atoms with van der Waals surface area (Å²) in [5.74, 6) is 0.635. The largest absolute Gasteiger partial charge is 0.369 e. The van der Waals surface area contributed by atoms with Crippen LogP contribution in [-0.2, 0) is 9.53 Å². The Kier molecular flexibility index (Phi) is 4.74. The van der Waals surface area contributed by atoms with E-state index in [1.165, 1.54) is 12.8 Å². The third kappa shape index (κ3) is 3.46. The van der Waals surface area contributed by atoms with Gasteiger partial charge in [0.15, 0.2) is 0 Å². The molecule has 1 N–H and O–H groups in total. The van der Waals surface area contributed by atoms with Gasteiger partial charge in [-0.25, -0.2) is 0 Å². The minimum absolute atomic E-state index is 0.0561. The van der Waals surface area contributed by atoms with Gasteiger partial charge >= 0.3 is 0 Å². The first kappa shape index (κ1) is 13.5. The molecule has 1 saturated heterocycles. The van der Waals surface area contributed by atoms with Crippen LogP contribution in [-0.4, -0.2) is 50.2 Å². The maximum absolute atomic E-state index is 12.1. The zero-order valence-electron chi connectivity index (χ0n) is 10.9. The predicted octanol–water partition coefficient (Wildman–Crippen LogP) is 0.869. The zero-order valence-corrected chi connectivity index (χ0v) is 10.9. The Morgan fingerprint density at radius 1 is 1.56 bits per heavy atom. The molecule has 1 atom stereocenters. The van der Waals surface area contributed by atoms with Crippen LogP contribution in [0.5, 0.6) is 0 Å². The fraction of sp³-hybridized carbons (Fsp3) is 0.917. The highest BCUT2D eigenvalue weighted by molar-refractivity contribution is 5.84. The van der Waals surface area contributed by atoms with Crippen molar-refractivity contribution >= 4 is 5.91 Å². The third-order valence-electron chi connectivity index (χ3n) is 3.30. The summed E-state index contributed by atoms with van der Waals surface area (Å²) in [5.41, 5.74) is -0.711. The van der Waals surface area contributed by atoms with Crippen LogP contribution in [0.2, 0.25) is 0 Å². The molecular formula is C12H24N2O2. The topological polar surface area (TPSA) is 41.6 Å². The third-order valence-corrected chi connectivity index (χ3v) is 3.30. The number of carbonyl (C=O) groups is 1. The molecule has 1 aliphatic heterocycles. The van der Waals surface area contributed by atoms with Crippen molar-refractivity contribution in [3.63, 3.8) is 0 Å². The van der Waals surface area contributed by atoms with Gasteiger partial charge in [-0.05, 0) is 45.7 Å². The molecule has 0 aliphatic carbocycles. The molecule has 1 amide bonds. The van der Waals surface area contributed by atoms with Gasteiger partial charge < -0.3 is 15.0 Å². The van der Waals surface area contributed by atoms with Gasteiger partial charge in [0.2, 0.25) is 0 Å². The number of carbonyl (C=O) groups excluding carboxylic acids is 1. The second kappa shape index (κ2) is 5.64. The van der Waals surface area contributed by atoms with E-state index in [0.717, 1.165) is 19.6 Å². The Bertz CT molecular complexity index is 235. The fourth-order valence-corrected chi connectivity index (χ4v) is 2.10. The first-order chi connectivity index (χ1) is 7.47. The molecule has 0 aromatic carbocycles. The molecule has 1 fully saturated rings. The van der Waals surface area contributed by atoms with Crippen molar-refractivity contribution in [1.29, 1.82) is 0 Å². The van der Waals surface area contributed by atoms with Crippen LogP contribution in [0.3, 0.4) is 0 Å². The van der Waals surface area contributed by atoms with E-state index < -0.39 is 5.60 Å². The van der Waals surface area contributed by atoms with Crippen molar-refractivity contribution < 1.29 is 9.53 Å². The zero-order chi connectivity index (χ0) is 12.2. The number of piperidine rings is 1. The maximum Gasteiger partial charge on any atom is 0.253 e. The van der Waals surface area contributed by atoms with E-state index in [0.29, 0.717) is 5.92 Å². The van der Waals surface area contributed by atoms with Crippen molar-refractivity contribution in [2.75, 3.05) is 33.8 Å². The average Bonchev–Trinajstić information content (AvgIpc) is 2.29. The van der Waals surface area contributed by atoms with Crippen molar-refractivity contribution in [3.05, 3.63) is 0 Å². The van der Waals surface area contributed by atoms with E-state index in [4.69, 9.17) is 4.74 Å². The molecule has 0 aromatic rings. The number of amides is 1. The summed E-state index contributed by atoms with van der Waals surface area (Å²) in [4.78, 5) is 13.8. The lowest BCUT2D eigenvalue weighted by Gasteiger charge is -2.32. The summed E-state index contributed by atoms with van der Waals surface area (Å²) < 4.78 is 5.20. The Balaban J connectivity index is 2.44. The number of nitrogens with one attached hydrogen (secondary N) is 1. The van der Waals surface area contributed by atoms with Crippen LogP contribution >= 0.6 is 0 Å². The molecule has 1 unspecified atom stereocenters. The van der Waals surface area contributed by atoms with E-state index in [9.17, 15) is 4.79 Å². The summed E-state index contributed by atoms with van der Waals surface area (Å²) in [6, 6.07) is 0. The van der Waals surface area contributed by atoms with Crippen LogP contribution in [0.4, 0.5) is 0 Å². The highest BCUT2D eigenvalue weighted by Crippen LogP contribution is 2.15. The quantitative estimate of drug-likeness (QED) is 0.776. The normalized spacial score (nSPS) is 21.9. The number of ether oxygens (including phenoxy) is 1. The number of rotatable bonds is 4. The van der Waals surface area contributed by atoms with Crippen LogP contribution < -0.4 is 5.32 Å². The second-order valence-electron chi connectivity index (χ2n) is 5.11. The Labute approximate surface area is 98.3 Å². The SMILES string of the molecule is COC(C)(C)C(=O)N(C)CC1CCCNC1. The highest BCUT2D eigenvalue weighted by atomic mass is 16.5. The van der Waals surface area contributed by atoms with Crippen LogP contribution in [0, 0.1) is 5.92 Å². The summed E-state index contributed by atoms with van der Waals surface area (Å²) in [5, 5.41) is 3.36. The van der Waals surface area contributed by atoms with E-state index >= 15 is 0 Å². The van der Waals surface area contributed by atoms with Crippen molar-refractivity contribution in [3.8, 4) is 0 Å². The molecule has 4 heteroatoms. The molecule has 0 saturated carbocycles. The lowest BCUT2D eigenvalue weighted by molar-refractivity contribution is -0.150.